The first-order valence-corrected chi connectivity index (χ1v) is 13.6. The highest BCUT2D eigenvalue weighted by Crippen LogP contribution is 2.37. The molecule has 0 radical (unpaired) electrons. The molecule has 1 aliphatic carbocycles. The summed E-state index contributed by atoms with van der Waals surface area (Å²) in [7, 11) is 0. The largest absolute Gasteiger partial charge is 0.478 e. The first kappa shape index (κ1) is 28.3. The predicted octanol–water partition coefficient (Wildman–Crippen LogP) is 6.09. The molecule has 0 aromatic heterocycles. The molecule has 212 valence electrons. The van der Waals surface area contributed by atoms with E-state index in [0.29, 0.717) is 12.8 Å². The molecule has 0 saturated carbocycles. The molecule has 0 fully saturated rings. The molecule has 4 aromatic rings. The molecule has 0 bridgehead atoms. The van der Waals surface area contributed by atoms with Crippen molar-refractivity contribution in [3.8, 4) is 0 Å². The number of carboxylic acid groups (broad SMARTS) is 3. The molecule has 0 aliphatic heterocycles. The zero-order valence-corrected chi connectivity index (χ0v) is 22.7. The summed E-state index contributed by atoms with van der Waals surface area (Å²) in [4.78, 5) is 51.9. The lowest BCUT2D eigenvalue weighted by atomic mass is 9.86. The molecular formula is C34H29NO7. The summed E-state index contributed by atoms with van der Waals surface area (Å²) < 4.78 is 0. The Morgan fingerprint density at radius 3 is 1.90 bits per heavy atom. The minimum absolute atomic E-state index is 0.141. The Kier molecular flexibility index (Phi) is 8.15. The molecule has 1 amide bonds. The predicted molar refractivity (Wildman–Crippen MR) is 155 cm³/mol. The van der Waals surface area contributed by atoms with E-state index in [1.165, 1.54) is 0 Å². The number of amides is 1. The van der Waals surface area contributed by atoms with E-state index in [0.717, 1.165) is 52.8 Å². The average molecular weight is 564 g/mol. The lowest BCUT2D eigenvalue weighted by Gasteiger charge is -2.36. The van der Waals surface area contributed by atoms with Crippen LogP contribution in [-0.4, -0.2) is 44.0 Å². The van der Waals surface area contributed by atoms with Crippen LogP contribution in [-0.2, 0) is 19.4 Å². The number of carbonyl (C=O) groups excluding carboxylic acids is 1. The molecule has 3 N–H and O–H groups in total. The van der Waals surface area contributed by atoms with Crippen LogP contribution in [0.25, 0.3) is 0 Å². The number of rotatable bonds is 9. The van der Waals surface area contributed by atoms with Crippen LogP contribution in [0.2, 0.25) is 0 Å². The van der Waals surface area contributed by atoms with E-state index in [-0.39, 0.29) is 12.1 Å². The zero-order chi connectivity index (χ0) is 29.8. The molecule has 0 heterocycles. The number of hydrogen-bond donors (Lipinski definition) is 3. The summed E-state index contributed by atoms with van der Waals surface area (Å²) in [5.41, 5.74) is 2.78. The number of carboxylic acids is 3. The molecule has 42 heavy (non-hydrogen) atoms. The maximum atomic E-state index is 14.3. The third kappa shape index (κ3) is 5.93. The molecule has 0 unspecified atom stereocenters. The van der Waals surface area contributed by atoms with Gasteiger partial charge in [-0.05, 0) is 65.6 Å². The van der Waals surface area contributed by atoms with Crippen LogP contribution in [0.5, 0.6) is 0 Å². The van der Waals surface area contributed by atoms with Crippen LogP contribution in [0.4, 0.5) is 0 Å². The number of carbonyl (C=O) groups is 4. The summed E-state index contributed by atoms with van der Waals surface area (Å²) in [5, 5.41) is 29.2. The van der Waals surface area contributed by atoms with Crippen LogP contribution in [0.3, 0.4) is 0 Å². The highest BCUT2D eigenvalue weighted by Gasteiger charge is 2.33. The van der Waals surface area contributed by atoms with Crippen molar-refractivity contribution >= 4 is 23.8 Å². The topological polar surface area (TPSA) is 132 Å². The quantitative estimate of drug-likeness (QED) is 0.224. The van der Waals surface area contributed by atoms with Crippen molar-refractivity contribution in [3.63, 3.8) is 0 Å². The fourth-order valence-corrected chi connectivity index (χ4v) is 5.70. The third-order valence-corrected chi connectivity index (χ3v) is 7.65. The van der Waals surface area contributed by atoms with E-state index in [2.05, 4.69) is 0 Å². The standard InChI is InChI=1S/C34H29NO7/c36-31(26-18-28(33(39)40)29(34(41)42)19-27(26)32(37)38)35(30-15-7-13-24-12-4-5-14-25(24)30)20-23-11-6-10-22(17-23)16-21-8-2-1-3-9-21/h1-6,8-12,14,17-19,30H,7,13,15-16,20H2,(H,37,38)(H,39,40)(H,41,42)/t30-/m0/s1. The molecule has 0 spiro atoms. The average Bonchev–Trinajstić information content (AvgIpc) is 2.99. The second-order valence-electron chi connectivity index (χ2n) is 10.4. The van der Waals surface area contributed by atoms with Crippen molar-refractivity contribution in [2.24, 2.45) is 0 Å². The van der Waals surface area contributed by atoms with E-state index < -0.39 is 46.5 Å². The SMILES string of the molecule is O=C(O)c1cc(C(=O)O)c(C(=O)N(Cc2cccc(Cc3ccccc3)c2)[C@H]2CCCc3ccccc32)cc1C(=O)O. The van der Waals surface area contributed by atoms with Crippen molar-refractivity contribution in [1.29, 1.82) is 0 Å². The van der Waals surface area contributed by atoms with E-state index >= 15 is 0 Å². The monoisotopic (exact) mass is 563 g/mol. The molecule has 1 aliphatic rings. The molecule has 8 heteroatoms. The summed E-state index contributed by atoms with van der Waals surface area (Å²) in [6.45, 7) is 0.141. The van der Waals surface area contributed by atoms with E-state index in [1.807, 2.05) is 78.9 Å². The van der Waals surface area contributed by atoms with Gasteiger partial charge in [-0.3, -0.25) is 4.79 Å². The maximum absolute atomic E-state index is 14.3. The van der Waals surface area contributed by atoms with E-state index in [1.54, 1.807) is 4.90 Å². The normalized spacial score (nSPS) is 14.0. The Bertz CT molecular complexity index is 1680. The van der Waals surface area contributed by atoms with Crippen molar-refractivity contribution in [3.05, 3.63) is 141 Å². The number of aromatic carboxylic acids is 3. The Morgan fingerprint density at radius 1 is 0.643 bits per heavy atom. The van der Waals surface area contributed by atoms with Gasteiger partial charge in [0, 0.05) is 6.54 Å². The van der Waals surface area contributed by atoms with Gasteiger partial charge in [0.1, 0.15) is 0 Å². The first-order valence-electron chi connectivity index (χ1n) is 13.6. The van der Waals surface area contributed by atoms with Crippen LogP contribution in [0, 0.1) is 0 Å². The van der Waals surface area contributed by atoms with Gasteiger partial charge in [-0.1, -0.05) is 78.9 Å². The smallest absolute Gasteiger partial charge is 0.336 e. The van der Waals surface area contributed by atoms with Gasteiger partial charge in [-0.2, -0.15) is 0 Å². The summed E-state index contributed by atoms with van der Waals surface area (Å²) in [6.07, 6.45) is 2.98. The Hall–Kier alpha value is -5.24. The molecule has 1 atom stereocenters. The fourth-order valence-electron chi connectivity index (χ4n) is 5.70. The van der Waals surface area contributed by atoms with E-state index in [4.69, 9.17) is 0 Å². The van der Waals surface area contributed by atoms with Crippen LogP contribution >= 0.6 is 0 Å². The lowest BCUT2D eigenvalue weighted by molar-refractivity contribution is 0.0611. The highest BCUT2D eigenvalue weighted by atomic mass is 16.4. The van der Waals surface area contributed by atoms with Crippen molar-refractivity contribution < 1.29 is 34.5 Å². The summed E-state index contributed by atoms with van der Waals surface area (Å²) in [5.74, 6) is -5.36. The number of benzene rings is 4. The van der Waals surface area contributed by atoms with Gasteiger partial charge in [-0.25, -0.2) is 14.4 Å². The summed E-state index contributed by atoms with van der Waals surface area (Å²) in [6, 6.07) is 26.9. The number of fused-ring (bicyclic) bond motifs is 1. The number of nitrogens with zero attached hydrogens (tertiary/aromatic N) is 1. The molecule has 4 aromatic carbocycles. The zero-order valence-electron chi connectivity index (χ0n) is 22.7. The molecule has 8 nitrogen and oxygen atoms in total. The minimum Gasteiger partial charge on any atom is -0.478 e. The number of hydrogen-bond acceptors (Lipinski definition) is 4. The Morgan fingerprint density at radius 2 is 1.21 bits per heavy atom. The number of aryl methyl sites for hydroxylation is 1. The van der Waals surface area contributed by atoms with Gasteiger partial charge < -0.3 is 20.2 Å². The van der Waals surface area contributed by atoms with Gasteiger partial charge in [0.2, 0.25) is 0 Å². The van der Waals surface area contributed by atoms with Crippen LogP contribution in [0.1, 0.15) is 88.1 Å². The van der Waals surface area contributed by atoms with Crippen molar-refractivity contribution in [1.82, 2.24) is 4.90 Å². The molecule has 5 rings (SSSR count). The van der Waals surface area contributed by atoms with E-state index in [9.17, 15) is 34.5 Å². The summed E-state index contributed by atoms with van der Waals surface area (Å²) >= 11 is 0. The Labute approximate surface area is 242 Å². The van der Waals surface area contributed by atoms with Crippen molar-refractivity contribution in [2.45, 2.75) is 38.3 Å². The highest BCUT2D eigenvalue weighted by molar-refractivity contribution is 6.10. The Balaban J connectivity index is 1.60. The van der Waals surface area contributed by atoms with Gasteiger partial charge in [0.05, 0.1) is 28.3 Å². The second kappa shape index (κ2) is 12.1. The third-order valence-electron chi connectivity index (χ3n) is 7.65. The molecular weight excluding hydrogens is 534 g/mol. The molecule has 0 saturated heterocycles. The maximum Gasteiger partial charge on any atom is 0.336 e. The van der Waals surface area contributed by atoms with Crippen molar-refractivity contribution in [2.75, 3.05) is 0 Å². The lowest BCUT2D eigenvalue weighted by Crippen LogP contribution is -2.37. The van der Waals surface area contributed by atoms with Gasteiger partial charge in [0.15, 0.2) is 0 Å². The van der Waals surface area contributed by atoms with Gasteiger partial charge in [-0.15, -0.1) is 0 Å². The van der Waals surface area contributed by atoms with Gasteiger partial charge in [0.25, 0.3) is 5.91 Å². The van der Waals surface area contributed by atoms with Gasteiger partial charge >= 0.3 is 17.9 Å². The van der Waals surface area contributed by atoms with Crippen LogP contribution in [0.15, 0.2) is 91.0 Å². The fraction of sp³-hybridized carbons (Fsp3) is 0.176. The van der Waals surface area contributed by atoms with Crippen LogP contribution < -0.4 is 0 Å². The second-order valence-corrected chi connectivity index (χ2v) is 10.4. The first-order chi connectivity index (χ1) is 20.2. The minimum atomic E-state index is -1.60.